The van der Waals surface area contributed by atoms with Gasteiger partial charge in [-0.1, -0.05) is 261 Å². The van der Waals surface area contributed by atoms with Crippen molar-refractivity contribution in [1.82, 2.24) is 0 Å². The SMILES string of the molecule is c1ccc(-c2ccccc2C2(c3ccccc3-c3ccccc3)c3ccccc3-c3c(N(c4cccc5c4-c4ccccc4C54c5ccccc5-c5ccccc54)c4cccc5c4oc4ccccc45)cccc32)cc1. The molecule has 12 aromatic carbocycles. The molecule has 0 aliphatic heterocycles. The van der Waals surface area contributed by atoms with E-state index in [4.69, 9.17) is 4.42 Å². The molecule has 16 rings (SSSR count). The standard InChI is InChI=1S/C74H47NO/c1-3-24-48(25-4-1)50-28-7-14-36-58(50)73(59-37-15-8-29-51(59)49-26-5-2-6-27-49)62-40-18-11-33-56(62)70-64(73)42-22-44-66(70)75(68-46-21-35-55-54-32-13-20-47-69(54)76-72(55)68)67-45-23-43-65-71(67)57-34-12-19-41-63(57)74(65)60-38-16-9-30-52(60)53-31-10-17-39-61(53)74/h1-47H. The second kappa shape index (κ2) is 16.4. The number of para-hydroxylation sites is 2. The fourth-order valence-corrected chi connectivity index (χ4v) is 14.2. The quantitative estimate of drug-likeness (QED) is 0.158. The third-order valence-electron chi connectivity index (χ3n) is 17.0. The number of fused-ring (bicyclic) bond motifs is 16. The normalized spacial score (nSPS) is 13.7. The van der Waals surface area contributed by atoms with E-state index in [0.29, 0.717) is 0 Å². The maximum absolute atomic E-state index is 7.14. The minimum absolute atomic E-state index is 0.533. The van der Waals surface area contributed by atoms with Gasteiger partial charge in [-0.2, -0.15) is 0 Å². The summed E-state index contributed by atoms with van der Waals surface area (Å²) in [6, 6.07) is 106. The number of hydrogen-bond donors (Lipinski definition) is 0. The minimum Gasteiger partial charge on any atom is -0.454 e. The van der Waals surface area contributed by atoms with Crippen LogP contribution in [0, 0.1) is 0 Å². The maximum Gasteiger partial charge on any atom is 0.159 e. The molecule has 0 saturated carbocycles. The fourth-order valence-electron chi connectivity index (χ4n) is 14.2. The number of benzene rings is 12. The molecule has 3 aliphatic rings. The maximum atomic E-state index is 7.14. The van der Waals surface area contributed by atoms with Gasteiger partial charge in [0.15, 0.2) is 5.58 Å². The molecule has 0 atom stereocenters. The molecule has 0 saturated heterocycles. The van der Waals surface area contributed by atoms with Crippen molar-refractivity contribution >= 4 is 39.0 Å². The minimum atomic E-state index is -0.773. The van der Waals surface area contributed by atoms with Crippen molar-refractivity contribution in [3.05, 3.63) is 330 Å². The molecule has 0 radical (unpaired) electrons. The highest BCUT2D eigenvalue weighted by molar-refractivity contribution is 6.13. The van der Waals surface area contributed by atoms with Crippen molar-refractivity contribution in [1.29, 1.82) is 0 Å². The van der Waals surface area contributed by atoms with Gasteiger partial charge in [0.05, 0.1) is 27.9 Å². The molecule has 0 bridgehead atoms. The summed E-state index contributed by atoms with van der Waals surface area (Å²) in [7, 11) is 0. The summed E-state index contributed by atoms with van der Waals surface area (Å²) < 4.78 is 7.14. The van der Waals surface area contributed by atoms with Crippen LogP contribution in [0.3, 0.4) is 0 Å². The first kappa shape index (κ1) is 42.7. The Labute approximate surface area is 442 Å². The second-order valence-electron chi connectivity index (χ2n) is 20.5. The first-order chi connectivity index (χ1) is 37.8. The zero-order valence-corrected chi connectivity index (χ0v) is 41.5. The van der Waals surface area contributed by atoms with Crippen LogP contribution in [-0.4, -0.2) is 0 Å². The van der Waals surface area contributed by atoms with Crippen LogP contribution in [-0.2, 0) is 10.8 Å². The van der Waals surface area contributed by atoms with E-state index in [0.717, 1.165) is 39.0 Å². The van der Waals surface area contributed by atoms with Crippen LogP contribution in [0.4, 0.5) is 17.1 Å². The van der Waals surface area contributed by atoms with Crippen molar-refractivity contribution in [2.45, 2.75) is 10.8 Å². The summed E-state index contributed by atoms with van der Waals surface area (Å²) >= 11 is 0. The smallest absolute Gasteiger partial charge is 0.159 e. The number of furan rings is 1. The molecule has 1 heterocycles. The average molecular weight is 966 g/mol. The molecule has 0 unspecified atom stereocenters. The van der Waals surface area contributed by atoms with Gasteiger partial charge in [-0.25, -0.2) is 0 Å². The second-order valence-corrected chi connectivity index (χ2v) is 20.5. The lowest BCUT2D eigenvalue weighted by Crippen LogP contribution is -2.30. The Morgan fingerprint density at radius 2 is 0.566 bits per heavy atom. The van der Waals surface area contributed by atoms with Crippen LogP contribution in [0.25, 0.3) is 77.6 Å². The van der Waals surface area contributed by atoms with E-state index in [2.05, 4.69) is 290 Å². The summed E-state index contributed by atoms with van der Waals surface area (Å²) in [5, 5.41) is 2.18. The lowest BCUT2D eigenvalue weighted by Gasteiger charge is -2.37. The first-order valence-corrected chi connectivity index (χ1v) is 26.4. The number of anilines is 3. The molecular formula is C74H47NO. The zero-order valence-electron chi connectivity index (χ0n) is 41.5. The van der Waals surface area contributed by atoms with Crippen molar-refractivity contribution in [3.8, 4) is 55.6 Å². The van der Waals surface area contributed by atoms with Gasteiger partial charge in [-0.3, -0.25) is 0 Å². The summed E-state index contributed by atoms with van der Waals surface area (Å²) in [5.41, 5.74) is 25.9. The largest absolute Gasteiger partial charge is 0.454 e. The lowest BCUT2D eigenvalue weighted by atomic mass is 9.64. The summed E-state index contributed by atoms with van der Waals surface area (Å²) in [6.45, 7) is 0. The van der Waals surface area contributed by atoms with Crippen LogP contribution < -0.4 is 4.90 Å². The van der Waals surface area contributed by atoms with Gasteiger partial charge in [0.2, 0.25) is 0 Å². The van der Waals surface area contributed by atoms with Gasteiger partial charge in [0, 0.05) is 21.9 Å². The zero-order chi connectivity index (χ0) is 50.0. The number of hydrogen-bond acceptors (Lipinski definition) is 2. The van der Waals surface area contributed by atoms with E-state index in [1.807, 2.05) is 0 Å². The predicted octanol–water partition coefficient (Wildman–Crippen LogP) is 19.1. The fraction of sp³-hybridized carbons (Fsp3) is 0.0270. The Hall–Kier alpha value is -9.76. The number of nitrogens with zero attached hydrogens (tertiary/aromatic N) is 1. The molecule has 0 fully saturated rings. The first-order valence-electron chi connectivity index (χ1n) is 26.4. The van der Waals surface area contributed by atoms with Gasteiger partial charge < -0.3 is 9.32 Å². The van der Waals surface area contributed by atoms with E-state index in [1.165, 1.54) is 100 Å². The van der Waals surface area contributed by atoms with Crippen molar-refractivity contribution in [2.75, 3.05) is 4.90 Å². The van der Waals surface area contributed by atoms with E-state index < -0.39 is 10.8 Å². The van der Waals surface area contributed by atoms with Crippen molar-refractivity contribution < 1.29 is 4.42 Å². The molecule has 1 aromatic heterocycles. The molecule has 354 valence electrons. The topological polar surface area (TPSA) is 16.4 Å². The van der Waals surface area contributed by atoms with Gasteiger partial charge in [-0.15, -0.1) is 0 Å². The predicted molar refractivity (Wildman–Crippen MR) is 313 cm³/mol. The Morgan fingerprint density at radius 3 is 1.05 bits per heavy atom. The van der Waals surface area contributed by atoms with Crippen LogP contribution in [0.15, 0.2) is 290 Å². The van der Waals surface area contributed by atoms with Gasteiger partial charge >= 0.3 is 0 Å². The monoisotopic (exact) mass is 965 g/mol. The molecular weight excluding hydrogens is 919 g/mol. The molecule has 76 heavy (non-hydrogen) atoms. The third kappa shape index (κ3) is 5.65. The highest BCUT2D eigenvalue weighted by Gasteiger charge is 2.53. The van der Waals surface area contributed by atoms with E-state index in [9.17, 15) is 0 Å². The Morgan fingerprint density at radius 1 is 0.237 bits per heavy atom. The highest BCUT2D eigenvalue weighted by atomic mass is 16.3. The average Bonchev–Trinajstić information content (AvgIpc) is 4.41. The van der Waals surface area contributed by atoms with Gasteiger partial charge in [-0.05, 0) is 113 Å². The molecule has 2 heteroatoms. The summed E-state index contributed by atoms with van der Waals surface area (Å²) in [4.78, 5) is 2.56. The van der Waals surface area contributed by atoms with Crippen LogP contribution in [0.2, 0.25) is 0 Å². The Bertz CT molecular complexity index is 4360. The molecule has 3 aliphatic carbocycles. The van der Waals surface area contributed by atoms with Crippen molar-refractivity contribution in [3.63, 3.8) is 0 Å². The molecule has 0 amide bonds. The lowest BCUT2D eigenvalue weighted by molar-refractivity contribution is 0.669. The number of rotatable bonds is 7. The van der Waals surface area contributed by atoms with Crippen LogP contribution in [0.1, 0.15) is 44.5 Å². The van der Waals surface area contributed by atoms with E-state index >= 15 is 0 Å². The van der Waals surface area contributed by atoms with Gasteiger partial charge in [0.25, 0.3) is 0 Å². The molecule has 1 spiro atoms. The summed E-state index contributed by atoms with van der Waals surface area (Å²) in [6.07, 6.45) is 0. The molecule has 2 nitrogen and oxygen atoms in total. The molecule has 0 N–H and O–H groups in total. The summed E-state index contributed by atoms with van der Waals surface area (Å²) in [5.74, 6) is 0. The van der Waals surface area contributed by atoms with Crippen LogP contribution >= 0.6 is 0 Å². The third-order valence-corrected chi connectivity index (χ3v) is 17.0. The highest BCUT2D eigenvalue weighted by Crippen LogP contribution is 2.67. The Kier molecular flexibility index (Phi) is 9.20. The van der Waals surface area contributed by atoms with Gasteiger partial charge in [0.1, 0.15) is 5.58 Å². The van der Waals surface area contributed by atoms with E-state index in [-0.39, 0.29) is 0 Å². The van der Waals surface area contributed by atoms with E-state index in [1.54, 1.807) is 0 Å². The van der Waals surface area contributed by atoms with Crippen LogP contribution in [0.5, 0.6) is 0 Å². The van der Waals surface area contributed by atoms with Crippen molar-refractivity contribution in [2.24, 2.45) is 0 Å². The molecule has 13 aromatic rings. The Balaban J connectivity index is 1.06.